The second-order valence-corrected chi connectivity index (χ2v) is 2.56. The molecule has 56 valence electrons. The highest BCUT2D eigenvalue weighted by Gasteiger charge is 2.01. The van der Waals surface area contributed by atoms with Gasteiger partial charge in [0.25, 0.3) is 0 Å². The van der Waals surface area contributed by atoms with Gasteiger partial charge in [-0.15, -0.1) is 0 Å². The second-order valence-electron chi connectivity index (χ2n) is 2.56. The van der Waals surface area contributed by atoms with E-state index in [0.29, 0.717) is 5.56 Å². The van der Waals surface area contributed by atoms with Crippen LogP contribution in [0.5, 0.6) is 0 Å². The summed E-state index contributed by atoms with van der Waals surface area (Å²) in [6, 6.07) is 5.62. The monoisotopic (exact) mass is 146 g/mol. The standard InChI is InChI=1S/C9H10N2/c1-6-7(2)9(11)4-3-8(6)5-10/h3-4H,11H2,1-2H3. The Labute approximate surface area is 66.3 Å². The Balaban J connectivity index is 3.40. The molecule has 1 rings (SSSR count). The summed E-state index contributed by atoms with van der Waals surface area (Å²) in [7, 11) is 0. The first kappa shape index (κ1) is 7.62. The third kappa shape index (κ3) is 1.18. The number of nitrogens with zero attached hydrogens (tertiary/aromatic N) is 1. The summed E-state index contributed by atoms with van der Waals surface area (Å²) in [5.41, 5.74) is 9.07. The minimum atomic E-state index is 0.705. The van der Waals surface area contributed by atoms with Crippen molar-refractivity contribution in [2.24, 2.45) is 0 Å². The number of nitriles is 1. The van der Waals surface area contributed by atoms with Crippen LogP contribution in [0.3, 0.4) is 0 Å². The Morgan fingerprint density at radius 2 is 1.91 bits per heavy atom. The fourth-order valence-electron chi connectivity index (χ4n) is 0.963. The van der Waals surface area contributed by atoms with Crippen molar-refractivity contribution in [3.05, 3.63) is 28.8 Å². The zero-order valence-electron chi connectivity index (χ0n) is 6.68. The van der Waals surface area contributed by atoms with E-state index < -0.39 is 0 Å². The van der Waals surface area contributed by atoms with E-state index in [-0.39, 0.29) is 0 Å². The lowest BCUT2D eigenvalue weighted by atomic mass is 10.0. The number of hydrogen-bond acceptors (Lipinski definition) is 2. The number of nitrogen functional groups attached to an aromatic ring is 1. The summed E-state index contributed by atoms with van der Waals surface area (Å²) in [4.78, 5) is 0. The molecule has 1 aromatic carbocycles. The van der Waals surface area contributed by atoms with Crippen LogP contribution in [0.4, 0.5) is 5.69 Å². The molecule has 0 heterocycles. The van der Waals surface area contributed by atoms with Gasteiger partial charge < -0.3 is 5.73 Å². The molecule has 11 heavy (non-hydrogen) atoms. The van der Waals surface area contributed by atoms with Crippen molar-refractivity contribution in [3.63, 3.8) is 0 Å². The van der Waals surface area contributed by atoms with Gasteiger partial charge in [-0.2, -0.15) is 5.26 Å². The van der Waals surface area contributed by atoms with E-state index in [4.69, 9.17) is 11.0 Å². The van der Waals surface area contributed by atoms with Crippen molar-refractivity contribution in [1.82, 2.24) is 0 Å². The smallest absolute Gasteiger partial charge is 0.0994 e. The fraction of sp³-hybridized carbons (Fsp3) is 0.222. The summed E-state index contributed by atoms with van der Waals surface area (Å²) in [6.07, 6.45) is 0. The number of benzene rings is 1. The summed E-state index contributed by atoms with van der Waals surface area (Å²) in [5, 5.41) is 8.64. The van der Waals surface area contributed by atoms with Gasteiger partial charge in [0, 0.05) is 5.69 Å². The molecule has 0 saturated heterocycles. The molecule has 0 amide bonds. The molecule has 0 aliphatic heterocycles. The molecule has 0 aliphatic rings. The van der Waals surface area contributed by atoms with E-state index in [9.17, 15) is 0 Å². The average molecular weight is 146 g/mol. The molecule has 0 unspecified atom stereocenters. The predicted octanol–water partition coefficient (Wildman–Crippen LogP) is 1.76. The third-order valence-electron chi connectivity index (χ3n) is 1.95. The number of nitrogens with two attached hydrogens (primary N) is 1. The molecular formula is C9H10N2. The topological polar surface area (TPSA) is 49.8 Å². The van der Waals surface area contributed by atoms with E-state index in [1.165, 1.54) is 0 Å². The van der Waals surface area contributed by atoms with E-state index >= 15 is 0 Å². The van der Waals surface area contributed by atoms with Crippen LogP contribution < -0.4 is 5.73 Å². The van der Waals surface area contributed by atoms with Gasteiger partial charge >= 0.3 is 0 Å². The van der Waals surface area contributed by atoms with Crippen molar-refractivity contribution in [2.45, 2.75) is 13.8 Å². The third-order valence-corrected chi connectivity index (χ3v) is 1.95. The Morgan fingerprint density at radius 1 is 1.27 bits per heavy atom. The first-order valence-corrected chi connectivity index (χ1v) is 3.42. The van der Waals surface area contributed by atoms with Crippen LogP contribution in [0.1, 0.15) is 16.7 Å². The number of hydrogen-bond donors (Lipinski definition) is 1. The second kappa shape index (κ2) is 2.63. The molecule has 0 atom stereocenters. The average Bonchev–Trinajstić information content (AvgIpc) is 2.01. The maximum atomic E-state index is 8.64. The van der Waals surface area contributed by atoms with Crippen molar-refractivity contribution in [1.29, 1.82) is 5.26 Å². The largest absolute Gasteiger partial charge is 0.399 e. The Hall–Kier alpha value is -1.49. The maximum absolute atomic E-state index is 8.64. The molecule has 2 heteroatoms. The lowest BCUT2D eigenvalue weighted by molar-refractivity contribution is 1.31. The number of anilines is 1. The van der Waals surface area contributed by atoms with Crippen LogP contribution in [0, 0.1) is 25.2 Å². The summed E-state index contributed by atoms with van der Waals surface area (Å²) < 4.78 is 0. The van der Waals surface area contributed by atoms with Gasteiger partial charge in [-0.3, -0.25) is 0 Å². The first-order chi connectivity index (χ1) is 5.16. The first-order valence-electron chi connectivity index (χ1n) is 3.42. The molecule has 0 radical (unpaired) electrons. The number of rotatable bonds is 0. The molecule has 0 aromatic heterocycles. The summed E-state index contributed by atoms with van der Waals surface area (Å²) in [6.45, 7) is 3.83. The SMILES string of the molecule is Cc1c(N)ccc(C#N)c1C. The van der Waals surface area contributed by atoms with Gasteiger partial charge in [-0.05, 0) is 37.1 Å². The van der Waals surface area contributed by atoms with Crippen molar-refractivity contribution >= 4 is 5.69 Å². The van der Waals surface area contributed by atoms with Crippen LogP contribution in [-0.2, 0) is 0 Å². The highest BCUT2D eigenvalue weighted by molar-refractivity contribution is 5.55. The van der Waals surface area contributed by atoms with Gasteiger partial charge in [0.15, 0.2) is 0 Å². The van der Waals surface area contributed by atoms with Crippen molar-refractivity contribution in [2.75, 3.05) is 5.73 Å². The fourth-order valence-corrected chi connectivity index (χ4v) is 0.963. The van der Waals surface area contributed by atoms with E-state index in [2.05, 4.69) is 6.07 Å². The van der Waals surface area contributed by atoms with Gasteiger partial charge in [0.2, 0.25) is 0 Å². The van der Waals surface area contributed by atoms with Crippen molar-refractivity contribution < 1.29 is 0 Å². The Kier molecular flexibility index (Phi) is 1.82. The van der Waals surface area contributed by atoms with Crippen LogP contribution in [0.2, 0.25) is 0 Å². The summed E-state index contributed by atoms with van der Waals surface area (Å²) >= 11 is 0. The minimum absolute atomic E-state index is 0.705. The lowest BCUT2D eigenvalue weighted by Gasteiger charge is -2.04. The van der Waals surface area contributed by atoms with E-state index in [1.807, 2.05) is 13.8 Å². The highest BCUT2D eigenvalue weighted by atomic mass is 14.6. The molecule has 1 aromatic rings. The van der Waals surface area contributed by atoms with E-state index in [1.54, 1.807) is 12.1 Å². The van der Waals surface area contributed by atoms with Crippen LogP contribution >= 0.6 is 0 Å². The van der Waals surface area contributed by atoms with Crippen LogP contribution in [0.15, 0.2) is 12.1 Å². The predicted molar refractivity (Wildman–Crippen MR) is 45.0 cm³/mol. The zero-order chi connectivity index (χ0) is 8.43. The molecule has 0 saturated carbocycles. The van der Waals surface area contributed by atoms with Gasteiger partial charge in [0.05, 0.1) is 11.6 Å². The molecule has 2 N–H and O–H groups in total. The van der Waals surface area contributed by atoms with E-state index in [0.717, 1.165) is 16.8 Å². The molecule has 0 aliphatic carbocycles. The van der Waals surface area contributed by atoms with Gasteiger partial charge in [-0.1, -0.05) is 0 Å². The lowest BCUT2D eigenvalue weighted by Crippen LogP contribution is -1.94. The Bertz CT molecular complexity index is 321. The highest BCUT2D eigenvalue weighted by Crippen LogP contribution is 2.18. The summed E-state index contributed by atoms with van der Waals surface area (Å²) in [5.74, 6) is 0. The zero-order valence-corrected chi connectivity index (χ0v) is 6.68. The van der Waals surface area contributed by atoms with Gasteiger partial charge in [0.1, 0.15) is 0 Å². The normalized spacial score (nSPS) is 9.18. The van der Waals surface area contributed by atoms with Gasteiger partial charge in [-0.25, -0.2) is 0 Å². The molecule has 0 spiro atoms. The minimum Gasteiger partial charge on any atom is -0.399 e. The van der Waals surface area contributed by atoms with Crippen molar-refractivity contribution in [3.8, 4) is 6.07 Å². The van der Waals surface area contributed by atoms with Crippen LogP contribution in [-0.4, -0.2) is 0 Å². The molecule has 0 fully saturated rings. The maximum Gasteiger partial charge on any atom is 0.0994 e. The van der Waals surface area contributed by atoms with Crippen LogP contribution in [0.25, 0.3) is 0 Å². The molecule has 2 nitrogen and oxygen atoms in total. The molecular weight excluding hydrogens is 136 g/mol. The quantitative estimate of drug-likeness (QED) is 0.567. The molecule has 0 bridgehead atoms. The Morgan fingerprint density at radius 3 is 2.45 bits per heavy atom.